The van der Waals surface area contributed by atoms with Gasteiger partial charge in [0.1, 0.15) is 46.3 Å². The molecule has 0 spiro atoms. The number of nitrogens with one attached hydrogen (secondary N) is 1. The van der Waals surface area contributed by atoms with Crippen molar-refractivity contribution in [1.82, 2.24) is 29.6 Å². The number of nitrogens with zero attached hydrogens (tertiary/aromatic N) is 6. The van der Waals surface area contributed by atoms with Gasteiger partial charge in [0.15, 0.2) is 0 Å². The number of likely N-dealkylation sites (tertiary alicyclic amines) is 1. The molecule has 0 saturated carbocycles. The first-order valence-corrected chi connectivity index (χ1v) is 11.0. The van der Waals surface area contributed by atoms with Gasteiger partial charge in [0.25, 0.3) is 0 Å². The summed E-state index contributed by atoms with van der Waals surface area (Å²) in [5.41, 5.74) is 0.332. The van der Waals surface area contributed by atoms with Gasteiger partial charge in [-0.25, -0.2) is 24.1 Å². The molecule has 0 bridgehead atoms. The Bertz CT molecular complexity index is 1250. The van der Waals surface area contributed by atoms with Crippen molar-refractivity contribution in [3.63, 3.8) is 0 Å². The molecule has 2 amide bonds. The van der Waals surface area contributed by atoms with Crippen LogP contribution in [0.15, 0.2) is 41.4 Å². The number of carbonyl (C=O) groups is 3. The van der Waals surface area contributed by atoms with E-state index in [1.807, 2.05) is 0 Å². The minimum Gasteiger partial charge on any atom is -0.478 e. The van der Waals surface area contributed by atoms with Gasteiger partial charge in [-0.3, -0.25) is 14.3 Å². The highest BCUT2D eigenvalue weighted by atomic mass is 79.9. The number of aromatic carboxylic acids is 1. The summed E-state index contributed by atoms with van der Waals surface area (Å²) in [4.78, 5) is 50.8. The summed E-state index contributed by atoms with van der Waals surface area (Å²) in [6.45, 7) is 1.06. The Labute approximate surface area is 201 Å². The average molecular weight is 532 g/mol. The van der Waals surface area contributed by atoms with Crippen molar-refractivity contribution in [1.29, 1.82) is 0 Å². The molecule has 11 nitrogen and oxygen atoms in total. The summed E-state index contributed by atoms with van der Waals surface area (Å²) >= 11 is 3.21. The summed E-state index contributed by atoms with van der Waals surface area (Å²) in [6.07, 6.45) is 2.56. The first-order chi connectivity index (χ1) is 16.2. The SMILES string of the molecule is Cc1ncc(-c2nn(CC(=O)N3C[C@H](F)C[C@H]3C(=O)Nc3cccc(Br)n3)cc2C(=O)O)cn1. The number of aryl methyl sites for hydroxylation is 1. The van der Waals surface area contributed by atoms with Crippen molar-refractivity contribution in [2.45, 2.75) is 32.1 Å². The minimum absolute atomic E-state index is 0.0973. The molecule has 0 unspecified atom stereocenters. The predicted octanol–water partition coefficient (Wildman–Crippen LogP) is 2.08. The van der Waals surface area contributed by atoms with E-state index in [0.717, 1.165) is 9.58 Å². The largest absolute Gasteiger partial charge is 0.478 e. The van der Waals surface area contributed by atoms with Crippen molar-refractivity contribution in [2.24, 2.45) is 0 Å². The number of rotatable bonds is 6. The maximum absolute atomic E-state index is 14.2. The Morgan fingerprint density at radius 3 is 2.68 bits per heavy atom. The zero-order valence-corrected chi connectivity index (χ0v) is 19.4. The Morgan fingerprint density at radius 1 is 1.26 bits per heavy atom. The molecule has 0 aliphatic carbocycles. The van der Waals surface area contributed by atoms with E-state index in [9.17, 15) is 23.9 Å². The third-order valence-corrected chi connectivity index (χ3v) is 5.62. The Kier molecular flexibility index (Phi) is 6.63. The van der Waals surface area contributed by atoms with Gasteiger partial charge in [-0.05, 0) is 35.0 Å². The monoisotopic (exact) mass is 531 g/mol. The van der Waals surface area contributed by atoms with Gasteiger partial charge < -0.3 is 15.3 Å². The molecule has 1 fully saturated rings. The molecule has 3 aromatic rings. The first-order valence-electron chi connectivity index (χ1n) is 10.2. The van der Waals surface area contributed by atoms with Crippen LogP contribution in [0.3, 0.4) is 0 Å². The topological polar surface area (TPSA) is 143 Å². The lowest BCUT2D eigenvalue weighted by atomic mass is 10.1. The van der Waals surface area contributed by atoms with Crippen LogP contribution in [0.1, 0.15) is 22.6 Å². The highest BCUT2D eigenvalue weighted by molar-refractivity contribution is 9.10. The van der Waals surface area contributed by atoms with Gasteiger partial charge in [0.05, 0.1) is 6.54 Å². The summed E-state index contributed by atoms with van der Waals surface area (Å²) in [5, 5.41) is 16.3. The van der Waals surface area contributed by atoms with Crippen LogP contribution in [0.5, 0.6) is 0 Å². The molecule has 2 atom stereocenters. The summed E-state index contributed by atoms with van der Waals surface area (Å²) < 4.78 is 15.9. The van der Waals surface area contributed by atoms with Crippen LogP contribution in [0.4, 0.5) is 10.2 Å². The maximum atomic E-state index is 14.2. The molecule has 2 N–H and O–H groups in total. The second-order valence-electron chi connectivity index (χ2n) is 7.64. The molecule has 0 aromatic carbocycles. The van der Waals surface area contributed by atoms with Crippen LogP contribution in [-0.4, -0.2) is 71.3 Å². The molecule has 13 heteroatoms. The Morgan fingerprint density at radius 2 is 2.00 bits per heavy atom. The van der Waals surface area contributed by atoms with Crippen LogP contribution in [-0.2, 0) is 16.1 Å². The lowest BCUT2D eigenvalue weighted by Gasteiger charge is -2.23. The number of aromatic nitrogens is 5. The van der Waals surface area contributed by atoms with Crippen molar-refractivity contribution >= 4 is 39.5 Å². The smallest absolute Gasteiger partial charge is 0.339 e. The fourth-order valence-corrected chi connectivity index (χ4v) is 3.96. The number of halogens is 2. The van der Waals surface area contributed by atoms with Crippen LogP contribution in [0.25, 0.3) is 11.3 Å². The molecule has 4 heterocycles. The van der Waals surface area contributed by atoms with E-state index < -0.39 is 30.0 Å². The van der Waals surface area contributed by atoms with E-state index in [0.29, 0.717) is 16.0 Å². The molecule has 3 aromatic heterocycles. The number of hydrogen-bond donors (Lipinski definition) is 2. The molecule has 0 radical (unpaired) electrons. The van der Waals surface area contributed by atoms with Gasteiger partial charge in [0.2, 0.25) is 11.8 Å². The van der Waals surface area contributed by atoms with Gasteiger partial charge in [-0.15, -0.1) is 0 Å². The standard InChI is InChI=1S/C21H19BrFN7O4/c1-11-24-6-12(7-25-11)19-14(21(33)34)9-29(28-19)10-18(31)30-8-13(23)5-15(30)20(32)27-17-4-2-3-16(22)26-17/h2-4,6-7,9,13,15H,5,8,10H2,1H3,(H,33,34)(H,26,27,32)/t13-,15+/m1/s1. The maximum Gasteiger partial charge on any atom is 0.339 e. The summed E-state index contributed by atoms with van der Waals surface area (Å²) in [7, 11) is 0. The number of alkyl halides is 1. The normalized spacial score (nSPS) is 17.6. The third-order valence-electron chi connectivity index (χ3n) is 5.18. The highest BCUT2D eigenvalue weighted by Crippen LogP contribution is 2.24. The fourth-order valence-electron chi connectivity index (χ4n) is 3.61. The van der Waals surface area contributed by atoms with Crippen LogP contribution >= 0.6 is 15.9 Å². The van der Waals surface area contributed by atoms with E-state index >= 15 is 0 Å². The van der Waals surface area contributed by atoms with Crippen LogP contribution in [0.2, 0.25) is 0 Å². The fraction of sp³-hybridized carbons (Fsp3) is 0.286. The first kappa shape index (κ1) is 23.4. The van der Waals surface area contributed by atoms with Crippen molar-refractivity contribution in [3.05, 3.63) is 52.8 Å². The lowest BCUT2D eigenvalue weighted by molar-refractivity contribution is -0.137. The Hall–Kier alpha value is -3.74. The lowest BCUT2D eigenvalue weighted by Crippen LogP contribution is -2.44. The number of pyridine rings is 1. The molecule has 34 heavy (non-hydrogen) atoms. The number of carbonyl (C=O) groups excluding carboxylic acids is 2. The molecular weight excluding hydrogens is 513 g/mol. The number of anilines is 1. The van der Waals surface area contributed by atoms with Crippen molar-refractivity contribution in [3.8, 4) is 11.3 Å². The second kappa shape index (κ2) is 9.63. The van der Waals surface area contributed by atoms with E-state index in [-0.39, 0.29) is 36.6 Å². The second-order valence-corrected chi connectivity index (χ2v) is 8.46. The zero-order valence-electron chi connectivity index (χ0n) is 17.9. The average Bonchev–Trinajstić information content (AvgIpc) is 3.38. The molecule has 1 aliphatic heterocycles. The van der Waals surface area contributed by atoms with Gasteiger partial charge in [-0.2, -0.15) is 5.10 Å². The van der Waals surface area contributed by atoms with Crippen LogP contribution < -0.4 is 5.32 Å². The van der Waals surface area contributed by atoms with Gasteiger partial charge in [0, 0.05) is 30.6 Å². The summed E-state index contributed by atoms with van der Waals surface area (Å²) in [5.74, 6) is -1.61. The van der Waals surface area contributed by atoms with E-state index in [1.54, 1.807) is 25.1 Å². The van der Waals surface area contributed by atoms with E-state index in [1.165, 1.54) is 18.6 Å². The van der Waals surface area contributed by atoms with E-state index in [2.05, 4.69) is 41.3 Å². The minimum atomic E-state index is -1.37. The summed E-state index contributed by atoms with van der Waals surface area (Å²) in [6, 6.07) is 3.90. The third kappa shape index (κ3) is 5.09. The predicted molar refractivity (Wildman–Crippen MR) is 121 cm³/mol. The number of hydrogen-bond acceptors (Lipinski definition) is 7. The number of carboxylic acid groups (broad SMARTS) is 1. The zero-order chi connectivity index (χ0) is 24.4. The highest BCUT2D eigenvalue weighted by Gasteiger charge is 2.40. The molecular formula is C21H19BrFN7O4. The number of carboxylic acids is 1. The van der Waals surface area contributed by atoms with Crippen molar-refractivity contribution in [2.75, 3.05) is 11.9 Å². The van der Waals surface area contributed by atoms with Crippen LogP contribution in [0, 0.1) is 6.92 Å². The number of amides is 2. The van der Waals surface area contributed by atoms with Crippen molar-refractivity contribution < 1.29 is 23.9 Å². The molecule has 176 valence electrons. The van der Waals surface area contributed by atoms with Gasteiger partial charge in [-0.1, -0.05) is 6.07 Å². The molecule has 4 rings (SSSR count). The Balaban J connectivity index is 1.52. The molecule has 1 saturated heterocycles. The quantitative estimate of drug-likeness (QED) is 0.460. The van der Waals surface area contributed by atoms with Gasteiger partial charge >= 0.3 is 5.97 Å². The van der Waals surface area contributed by atoms with E-state index in [4.69, 9.17) is 0 Å². The molecule has 1 aliphatic rings.